The van der Waals surface area contributed by atoms with Crippen LogP contribution in [0, 0.1) is 5.82 Å². The fourth-order valence-electron chi connectivity index (χ4n) is 3.15. The number of para-hydroxylation sites is 1. The van der Waals surface area contributed by atoms with E-state index in [2.05, 4.69) is 42.5 Å². The number of pyridine rings is 1. The number of carbonyl (C=O) groups excluding carboxylic acids is 1. The molecule has 3 aromatic rings. The van der Waals surface area contributed by atoms with Crippen molar-refractivity contribution in [2.75, 3.05) is 11.9 Å². The Kier molecular flexibility index (Phi) is 6.27. The molecule has 3 rings (SSSR count). The minimum atomic E-state index is -0.257. The largest absolute Gasteiger partial charge is 0.354 e. The van der Waals surface area contributed by atoms with Gasteiger partial charge < -0.3 is 10.6 Å². The van der Waals surface area contributed by atoms with Crippen LogP contribution in [0.5, 0.6) is 0 Å². The summed E-state index contributed by atoms with van der Waals surface area (Å²) in [7, 11) is 0. The van der Waals surface area contributed by atoms with Crippen molar-refractivity contribution < 1.29 is 9.18 Å². The lowest BCUT2D eigenvalue weighted by Gasteiger charge is -2.23. The molecule has 0 aliphatic carbocycles. The molecule has 0 aliphatic heterocycles. The van der Waals surface area contributed by atoms with Gasteiger partial charge in [-0.25, -0.2) is 4.39 Å². The van der Waals surface area contributed by atoms with Crippen molar-refractivity contribution in [2.45, 2.75) is 32.6 Å². The molecule has 5 heteroatoms. The number of hydrogen-bond donors (Lipinski definition) is 2. The van der Waals surface area contributed by atoms with Gasteiger partial charge >= 0.3 is 0 Å². The van der Waals surface area contributed by atoms with Gasteiger partial charge in [-0.3, -0.25) is 9.78 Å². The first-order chi connectivity index (χ1) is 13.8. The number of benzene rings is 2. The zero-order valence-corrected chi connectivity index (χ0v) is 17.0. The van der Waals surface area contributed by atoms with Crippen LogP contribution in [-0.2, 0) is 11.8 Å². The summed E-state index contributed by atoms with van der Waals surface area (Å²) in [4.78, 5) is 16.7. The van der Waals surface area contributed by atoms with Crippen LogP contribution < -0.4 is 10.6 Å². The van der Waals surface area contributed by atoms with Crippen LogP contribution in [0.4, 0.5) is 15.8 Å². The minimum Gasteiger partial charge on any atom is -0.354 e. The van der Waals surface area contributed by atoms with Gasteiger partial charge in [0, 0.05) is 18.4 Å². The van der Waals surface area contributed by atoms with E-state index >= 15 is 0 Å². The number of amides is 1. The predicted molar refractivity (Wildman–Crippen MR) is 115 cm³/mol. The van der Waals surface area contributed by atoms with Crippen molar-refractivity contribution in [3.63, 3.8) is 0 Å². The molecule has 0 saturated heterocycles. The smallest absolute Gasteiger partial charge is 0.252 e. The molecule has 2 N–H and O–H groups in total. The molecule has 0 fully saturated rings. The number of nitrogens with zero attached hydrogens (tertiary/aromatic N) is 1. The molecule has 2 aromatic carbocycles. The molecule has 0 atom stereocenters. The molecule has 29 heavy (non-hydrogen) atoms. The van der Waals surface area contributed by atoms with Gasteiger partial charge in [0.05, 0.1) is 17.4 Å². The Morgan fingerprint density at radius 1 is 1.03 bits per heavy atom. The third-order valence-corrected chi connectivity index (χ3v) is 4.65. The summed E-state index contributed by atoms with van der Waals surface area (Å²) in [5.74, 6) is -0.492. The van der Waals surface area contributed by atoms with Gasteiger partial charge in [-0.15, -0.1) is 0 Å². The van der Waals surface area contributed by atoms with Crippen molar-refractivity contribution in [3.8, 4) is 0 Å². The maximum absolute atomic E-state index is 13.7. The van der Waals surface area contributed by atoms with Gasteiger partial charge in [0.1, 0.15) is 5.82 Å². The first kappa shape index (κ1) is 20.5. The normalized spacial score (nSPS) is 11.2. The molecule has 0 unspecified atom stereocenters. The van der Waals surface area contributed by atoms with Crippen LogP contribution in [0.1, 0.15) is 42.3 Å². The van der Waals surface area contributed by atoms with E-state index in [4.69, 9.17) is 0 Å². The molecule has 150 valence electrons. The average molecular weight is 391 g/mol. The minimum absolute atomic E-state index is 0.0152. The number of rotatable bonds is 6. The van der Waals surface area contributed by atoms with Crippen molar-refractivity contribution in [1.82, 2.24) is 10.3 Å². The van der Waals surface area contributed by atoms with E-state index in [1.807, 2.05) is 18.2 Å². The lowest BCUT2D eigenvalue weighted by Crippen LogP contribution is -2.26. The van der Waals surface area contributed by atoms with Crippen LogP contribution in [0.2, 0.25) is 0 Å². The van der Waals surface area contributed by atoms with Crippen molar-refractivity contribution in [1.29, 1.82) is 0 Å². The number of carbonyl (C=O) groups is 1. The second kappa shape index (κ2) is 8.86. The van der Waals surface area contributed by atoms with Gasteiger partial charge in [-0.2, -0.15) is 0 Å². The summed E-state index contributed by atoms with van der Waals surface area (Å²) in [5, 5.41) is 6.20. The molecule has 0 aliphatic rings. The summed E-state index contributed by atoms with van der Waals surface area (Å²) >= 11 is 0. The van der Waals surface area contributed by atoms with Crippen LogP contribution in [0.25, 0.3) is 0 Å². The maximum atomic E-state index is 13.7. The van der Waals surface area contributed by atoms with E-state index in [-0.39, 0.29) is 17.1 Å². The van der Waals surface area contributed by atoms with Gasteiger partial charge in [-0.05, 0) is 41.2 Å². The summed E-state index contributed by atoms with van der Waals surface area (Å²) in [6.07, 6.45) is 3.65. The Morgan fingerprint density at radius 2 is 1.76 bits per heavy atom. The zero-order valence-electron chi connectivity index (χ0n) is 17.0. The SMILES string of the molecule is CC(C)(C)c1ccccc1Nc1cncc(C(=O)NCCc2ccccc2F)c1. The molecule has 4 nitrogen and oxygen atoms in total. The molecular formula is C24H26FN3O. The highest BCUT2D eigenvalue weighted by Gasteiger charge is 2.17. The average Bonchev–Trinajstić information content (AvgIpc) is 2.69. The second-order valence-electron chi connectivity index (χ2n) is 7.98. The van der Waals surface area contributed by atoms with Crippen LogP contribution in [0.3, 0.4) is 0 Å². The van der Waals surface area contributed by atoms with E-state index in [0.29, 0.717) is 24.1 Å². The van der Waals surface area contributed by atoms with Gasteiger partial charge in [0.15, 0.2) is 0 Å². The number of nitrogens with one attached hydrogen (secondary N) is 2. The molecule has 1 heterocycles. The topological polar surface area (TPSA) is 54.0 Å². The van der Waals surface area contributed by atoms with Crippen molar-refractivity contribution in [2.24, 2.45) is 0 Å². The van der Waals surface area contributed by atoms with E-state index in [1.165, 1.54) is 17.8 Å². The summed E-state index contributed by atoms with van der Waals surface area (Å²) in [6, 6.07) is 16.5. The first-order valence-corrected chi connectivity index (χ1v) is 9.68. The third-order valence-electron chi connectivity index (χ3n) is 4.65. The molecule has 0 bridgehead atoms. The van der Waals surface area contributed by atoms with Gasteiger partial charge in [0.25, 0.3) is 5.91 Å². The number of hydrogen-bond acceptors (Lipinski definition) is 3. The fourth-order valence-corrected chi connectivity index (χ4v) is 3.15. The van der Waals surface area contributed by atoms with E-state index in [1.54, 1.807) is 30.5 Å². The summed E-state index contributed by atoms with van der Waals surface area (Å²) in [5.41, 5.74) is 3.93. The van der Waals surface area contributed by atoms with Crippen LogP contribution in [-0.4, -0.2) is 17.4 Å². The molecule has 0 radical (unpaired) electrons. The monoisotopic (exact) mass is 391 g/mol. The number of halogens is 1. The highest BCUT2D eigenvalue weighted by atomic mass is 19.1. The van der Waals surface area contributed by atoms with Crippen LogP contribution in [0.15, 0.2) is 67.0 Å². The lowest BCUT2D eigenvalue weighted by atomic mass is 9.86. The van der Waals surface area contributed by atoms with E-state index < -0.39 is 0 Å². The van der Waals surface area contributed by atoms with Crippen molar-refractivity contribution in [3.05, 3.63) is 89.5 Å². The first-order valence-electron chi connectivity index (χ1n) is 9.68. The summed E-state index contributed by atoms with van der Waals surface area (Å²) < 4.78 is 13.7. The lowest BCUT2D eigenvalue weighted by molar-refractivity contribution is 0.0953. The Balaban J connectivity index is 1.67. The molecule has 0 spiro atoms. The molecule has 0 saturated carbocycles. The Labute approximate surface area is 171 Å². The third kappa shape index (κ3) is 5.41. The van der Waals surface area contributed by atoms with Crippen molar-refractivity contribution >= 4 is 17.3 Å². The van der Waals surface area contributed by atoms with Gasteiger partial charge in [0.2, 0.25) is 0 Å². The van der Waals surface area contributed by atoms with E-state index in [0.717, 1.165) is 11.4 Å². The Hall–Kier alpha value is -3.21. The standard InChI is InChI=1S/C24H26FN3O/c1-24(2,3)20-9-5-7-11-22(20)28-19-14-18(15-26-16-19)23(29)27-13-12-17-8-4-6-10-21(17)25/h4-11,14-16,28H,12-13H2,1-3H3,(H,27,29). The highest BCUT2D eigenvalue weighted by molar-refractivity contribution is 5.94. The fraction of sp³-hybridized carbons (Fsp3) is 0.250. The number of anilines is 2. The predicted octanol–water partition coefficient (Wildman–Crippen LogP) is 5.23. The van der Waals surface area contributed by atoms with Gasteiger partial charge in [-0.1, -0.05) is 57.2 Å². The Bertz CT molecular complexity index is 995. The highest BCUT2D eigenvalue weighted by Crippen LogP contribution is 2.31. The Morgan fingerprint density at radius 3 is 2.52 bits per heavy atom. The zero-order chi connectivity index (χ0) is 20.9. The maximum Gasteiger partial charge on any atom is 0.252 e. The molecule has 1 aromatic heterocycles. The van der Waals surface area contributed by atoms with E-state index in [9.17, 15) is 9.18 Å². The quantitative estimate of drug-likeness (QED) is 0.605. The summed E-state index contributed by atoms with van der Waals surface area (Å²) in [6.45, 7) is 6.83. The van der Waals surface area contributed by atoms with Crippen LogP contribution >= 0.6 is 0 Å². The molecular weight excluding hydrogens is 365 g/mol. The number of aromatic nitrogens is 1. The second-order valence-corrected chi connectivity index (χ2v) is 7.98. The molecule has 1 amide bonds.